The second-order valence-electron chi connectivity index (χ2n) is 3.37. The molecule has 0 amide bonds. The highest BCUT2D eigenvalue weighted by molar-refractivity contribution is 7.16. The summed E-state index contributed by atoms with van der Waals surface area (Å²) in [5.74, 6) is 0. The van der Waals surface area contributed by atoms with Crippen molar-refractivity contribution >= 4 is 28.6 Å². The molecule has 78 valence electrons. The predicted molar refractivity (Wildman–Crippen MR) is 67.8 cm³/mol. The first-order valence-corrected chi connectivity index (χ1v) is 6.02. The van der Waals surface area contributed by atoms with Crippen molar-refractivity contribution in [2.75, 3.05) is 5.32 Å². The van der Waals surface area contributed by atoms with Gasteiger partial charge in [0.25, 0.3) is 0 Å². The van der Waals surface area contributed by atoms with E-state index in [9.17, 15) is 0 Å². The van der Waals surface area contributed by atoms with Crippen LogP contribution in [-0.2, 0) is 0 Å². The maximum Gasteiger partial charge on any atom is 0.0932 e. The average Bonchev–Trinajstić information content (AvgIpc) is 2.66. The van der Waals surface area contributed by atoms with Gasteiger partial charge in [-0.2, -0.15) is 0 Å². The molecule has 0 aliphatic carbocycles. The van der Waals surface area contributed by atoms with Gasteiger partial charge in [-0.3, -0.25) is 0 Å². The number of benzene rings is 1. The number of nitrogens with one attached hydrogen (secondary N) is 1. The monoisotopic (exact) mass is 237 g/mol. The zero-order chi connectivity index (χ0) is 10.7. The molecule has 1 N–H and O–H groups in total. The number of halogens is 1. The Hall–Kier alpha value is -0.990. The fraction of sp³-hybridized carbons (Fsp3) is 0.167. The fourth-order valence-corrected chi connectivity index (χ4v) is 2.48. The first-order valence-electron chi connectivity index (χ1n) is 4.82. The van der Waals surface area contributed by atoms with Crippen LogP contribution in [0.3, 0.4) is 0 Å². The van der Waals surface area contributed by atoms with Crippen molar-refractivity contribution in [1.82, 2.24) is 0 Å². The molecule has 2 rings (SSSR count). The van der Waals surface area contributed by atoms with Gasteiger partial charge in [0.2, 0.25) is 0 Å². The summed E-state index contributed by atoms with van der Waals surface area (Å²) in [4.78, 5) is 1.25. The molecule has 0 radical (unpaired) electrons. The molecule has 0 saturated carbocycles. The minimum Gasteiger partial charge on any atom is -0.378 e. The van der Waals surface area contributed by atoms with Crippen molar-refractivity contribution in [2.24, 2.45) is 0 Å². The van der Waals surface area contributed by atoms with Crippen molar-refractivity contribution in [1.29, 1.82) is 0 Å². The summed E-state index contributed by atoms with van der Waals surface area (Å²) in [5.41, 5.74) is 1.13. The van der Waals surface area contributed by atoms with E-state index in [0.717, 1.165) is 10.0 Å². The molecule has 2 aromatic rings. The summed E-state index contributed by atoms with van der Waals surface area (Å²) < 4.78 is 0.840. The third-order valence-corrected chi connectivity index (χ3v) is 3.59. The lowest BCUT2D eigenvalue weighted by Crippen LogP contribution is -2.04. The second kappa shape index (κ2) is 4.69. The van der Waals surface area contributed by atoms with E-state index in [4.69, 9.17) is 11.6 Å². The van der Waals surface area contributed by atoms with Crippen LogP contribution in [0.4, 0.5) is 5.69 Å². The molecule has 1 atom stereocenters. The summed E-state index contributed by atoms with van der Waals surface area (Å²) in [6.07, 6.45) is 0. The van der Waals surface area contributed by atoms with Gasteiger partial charge in [-0.05, 0) is 31.2 Å². The van der Waals surface area contributed by atoms with Crippen molar-refractivity contribution in [3.05, 3.63) is 51.7 Å². The molecule has 1 aromatic carbocycles. The minimum absolute atomic E-state index is 0.296. The molecule has 0 spiro atoms. The molecule has 0 aliphatic heterocycles. The van der Waals surface area contributed by atoms with Crippen LogP contribution >= 0.6 is 22.9 Å². The Labute approximate surface area is 98.7 Å². The highest BCUT2D eigenvalue weighted by atomic mass is 35.5. The number of anilines is 1. The third-order valence-electron chi connectivity index (χ3n) is 2.18. The van der Waals surface area contributed by atoms with Gasteiger partial charge < -0.3 is 5.32 Å². The lowest BCUT2D eigenvalue weighted by molar-refractivity contribution is 0.908. The first-order chi connectivity index (χ1) is 7.25. The summed E-state index contributed by atoms with van der Waals surface area (Å²) in [7, 11) is 0. The number of hydrogen-bond acceptors (Lipinski definition) is 2. The van der Waals surface area contributed by atoms with E-state index in [1.165, 1.54) is 4.88 Å². The number of hydrogen-bond donors (Lipinski definition) is 1. The van der Waals surface area contributed by atoms with Crippen LogP contribution in [0.25, 0.3) is 0 Å². The third kappa shape index (κ3) is 2.74. The maximum absolute atomic E-state index is 5.90. The van der Waals surface area contributed by atoms with Gasteiger partial charge in [0.15, 0.2) is 0 Å². The van der Waals surface area contributed by atoms with Gasteiger partial charge in [-0.1, -0.05) is 29.8 Å². The van der Waals surface area contributed by atoms with Crippen LogP contribution in [0.15, 0.2) is 42.5 Å². The Morgan fingerprint density at radius 1 is 1.13 bits per heavy atom. The lowest BCUT2D eigenvalue weighted by Gasteiger charge is -2.13. The van der Waals surface area contributed by atoms with E-state index in [-0.39, 0.29) is 0 Å². The van der Waals surface area contributed by atoms with Gasteiger partial charge in [-0.25, -0.2) is 0 Å². The van der Waals surface area contributed by atoms with Crippen LogP contribution in [0, 0.1) is 0 Å². The largest absolute Gasteiger partial charge is 0.378 e. The van der Waals surface area contributed by atoms with E-state index < -0.39 is 0 Å². The standard InChI is InChI=1S/C12H12ClNS/c1-9(11-7-8-12(13)15-11)14-10-5-3-2-4-6-10/h2-9,14H,1H3/t9-/m0/s1. The molecule has 3 heteroatoms. The smallest absolute Gasteiger partial charge is 0.0932 e. The Morgan fingerprint density at radius 2 is 1.87 bits per heavy atom. The van der Waals surface area contributed by atoms with Crippen LogP contribution in [0.5, 0.6) is 0 Å². The summed E-state index contributed by atoms with van der Waals surface area (Å²) in [6.45, 7) is 2.13. The number of thiophene rings is 1. The summed E-state index contributed by atoms with van der Waals surface area (Å²) in [5, 5.41) is 3.42. The van der Waals surface area contributed by atoms with Gasteiger partial charge in [0.1, 0.15) is 0 Å². The van der Waals surface area contributed by atoms with Crippen LogP contribution in [-0.4, -0.2) is 0 Å². The van der Waals surface area contributed by atoms with E-state index in [0.29, 0.717) is 6.04 Å². The van der Waals surface area contributed by atoms with Gasteiger partial charge >= 0.3 is 0 Å². The quantitative estimate of drug-likeness (QED) is 0.824. The van der Waals surface area contributed by atoms with Gasteiger partial charge in [-0.15, -0.1) is 11.3 Å². The minimum atomic E-state index is 0.296. The normalized spacial score (nSPS) is 12.4. The summed E-state index contributed by atoms with van der Waals surface area (Å²) >= 11 is 7.52. The Bertz CT molecular complexity index is 424. The number of rotatable bonds is 3. The van der Waals surface area contributed by atoms with E-state index in [1.54, 1.807) is 11.3 Å². The first kappa shape index (κ1) is 10.5. The molecule has 0 unspecified atom stereocenters. The zero-order valence-electron chi connectivity index (χ0n) is 8.41. The highest BCUT2D eigenvalue weighted by Crippen LogP contribution is 2.28. The molecule has 1 aromatic heterocycles. The SMILES string of the molecule is C[C@H](Nc1ccccc1)c1ccc(Cl)s1. The molecule has 0 bridgehead atoms. The number of para-hydroxylation sites is 1. The molecule has 1 heterocycles. The predicted octanol–water partition coefficient (Wildman–Crippen LogP) is 4.57. The van der Waals surface area contributed by atoms with E-state index in [2.05, 4.69) is 30.4 Å². The molecule has 0 aliphatic rings. The van der Waals surface area contributed by atoms with Crippen molar-refractivity contribution in [3.63, 3.8) is 0 Å². The van der Waals surface area contributed by atoms with Gasteiger partial charge in [0.05, 0.1) is 10.4 Å². The van der Waals surface area contributed by atoms with Crippen molar-refractivity contribution in [3.8, 4) is 0 Å². The fourth-order valence-electron chi connectivity index (χ4n) is 1.42. The van der Waals surface area contributed by atoms with Crippen LogP contribution in [0.1, 0.15) is 17.8 Å². The topological polar surface area (TPSA) is 12.0 Å². The average molecular weight is 238 g/mol. The van der Waals surface area contributed by atoms with Crippen molar-refractivity contribution in [2.45, 2.75) is 13.0 Å². The molecule has 0 saturated heterocycles. The van der Waals surface area contributed by atoms with Gasteiger partial charge in [0, 0.05) is 10.6 Å². The van der Waals surface area contributed by atoms with Crippen LogP contribution in [0.2, 0.25) is 4.34 Å². The van der Waals surface area contributed by atoms with E-state index >= 15 is 0 Å². The van der Waals surface area contributed by atoms with Crippen LogP contribution < -0.4 is 5.32 Å². The second-order valence-corrected chi connectivity index (χ2v) is 5.12. The lowest BCUT2D eigenvalue weighted by atomic mass is 10.2. The maximum atomic E-state index is 5.90. The Balaban J connectivity index is 2.07. The zero-order valence-corrected chi connectivity index (χ0v) is 9.98. The van der Waals surface area contributed by atoms with E-state index in [1.807, 2.05) is 24.3 Å². The summed E-state index contributed by atoms with van der Waals surface area (Å²) in [6, 6.07) is 14.5. The molecule has 0 fully saturated rings. The highest BCUT2D eigenvalue weighted by Gasteiger charge is 2.07. The molecule has 15 heavy (non-hydrogen) atoms. The molecular weight excluding hydrogens is 226 g/mol. The molecular formula is C12H12ClNS. The Morgan fingerprint density at radius 3 is 2.47 bits per heavy atom. The van der Waals surface area contributed by atoms with Crippen molar-refractivity contribution < 1.29 is 0 Å². The molecule has 1 nitrogen and oxygen atoms in total. The Kier molecular flexibility index (Phi) is 3.29.